The zero-order valence-corrected chi connectivity index (χ0v) is 73.4. The average Bonchev–Trinajstić information content (AvgIpc) is 1.58. The molecule has 0 amide bonds. The largest absolute Gasteiger partial charge is 0.455 e. The maximum absolute atomic E-state index is 6.91. The van der Waals surface area contributed by atoms with Gasteiger partial charge in [-0.25, -0.2) is 29.9 Å². The number of benzene rings is 20. The van der Waals surface area contributed by atoms with E-state index in [1.807, 2.05) is 133 Å². The third-order valence-corrected chi connectivity index (χ3v) is 26.6. The van der Waals surface area contributed by atoms with Crippen LogP contribution >= 0.6 is 0 Å². The Kier molecular flexibility index (Phi) is 19.0. The Morgan fingerprint density at radius 1 is 0.140 bits per heavy atom. The second kappa shape index (κ2) is 32.9. The summed E-state index contributed by atoms with van der Waals surface area (Å²) in [5, 5.41) is 8.97. The van der Waals surface area contributed by atoms with Gasteiger partial charge in [0.2, 0.25) is 0 Å². The van der Waals surface area contributed by atoms with Crippen molar-refractivity contribution in [2.75, 3.05) is 0 Å². The molecule has 0 fully saturated rings. The summed E-state index contributed by atoms with van der Waals surface area (Å²) < 4.78 is 18.7. The second-order valence-corrected chi connectivity index (χ2v) is 34.8. The first-order valence-electron chi connectivity index (χ1n) is 45.9. The zero-order valence-electron chi connectivity index (χ0n) is 73.4. The maximum Gasteiger partial charge on any atom is 0.164 e. The van der Waals surface area contributed by atoms with Crippen LogP contribution in [0.25, 0.3) is 267 Å². The molecule has 20 aromatic carbocycles. The molecular weight excluding hydrogens is 1660 g/mol. The molecule has 0 aliphatic heterocycles. The Bertz CT molecular complexity index is 8600. The second-order valence-electron chi connectivity index (χ2n) is 34.8. The standard InChI is InChI=1S/C126H78N8O2/c1-5-29-79(30-6-1)121-127-122(80-31-7-2-8-32-80)130-125(129-121)97-49-25-43-89(69-97)85-39-21-37-83(65-85)87-41-23-47-95(67-87)107-75-99(77-111-105-55-15-19-59-117(105)135-119(107)111)91-45-27-51-101(71-91)133-113-57-17-13-53-103(113)109-73-93(61-63-115(109)133)94-62-64-116-110(74-94)104-54-14-18-58-114(104)134(116)102-52-28-46-92(72-102)100-76-108(120-112(78-100)106-56-16-20-60-118(106)136-120)96-48-24-42-88(68-96)84-38-22-40-86(66-84)90-44-26-50-98(70-90)126-131-123(81-33-9-3-10-34-81)128-124(132-126)82-35-11-4-12-36-82/h1-78H. The minimum Gasteiger partial charge on any atom is -0.455 e. The summed E-state index contributed by atoms with van der Waals surface area (Å²) in [5.74, 6) is 3.73. The molecule has 0 spiro atoms. The van der Waals surface area contributed by atoms with Gasteiger partial charge in [0.05, 0.1) is 22.1 Å². The van der Waals surface area contributed by atoms with Crippen LogP contribution in [0.2, 0.25) is 0 Å². The smallest absolute Gasteiger partial charge is 0.164 e. The fraction of sp³-hybridized carbons (Fsp3) is 0. The summed E-state index contributed by atoms with van der Waals surface area (Å²) in [4.78, 5) is 30.2. The summed E-state index contributed by atoms with van der Waals surface area (Å²) in [7, 11) is 0. The highest BCUT2D eigenvalue weighted by atomic mass is 16.3. The Morgan fingerprint density at radius 2 is 0.375 bits per heavy atom. The number of furan rings is 2. The van der Waals surface area contributed by atoms with Gasteiger partial charge in [-0.15, -0.1) is 0 Å². The van der Waals surface area contributed by atoms with E-state index >= 15 is 0 Å². The Labute approximate surface area is 783 Å². The highest BCUT2D eigenvalue weighted by Crippen LogP contribution is 2.47. The first-order chi connectivity index (χ1) is 67.3. The van der Waals surface area contributed by atoms with Crippen LogP contribution in [0.3, 0.4) is 0 Å². The van der Waals surface area contributed by atoms with Gasteiger partial charge in [0.1, 0.15) is 22.3 Å². The monoisotopic (exact) mass is 1730 g/mol. The lowest BCUT2D eigenvalue weighted by molar-refractivity contribution is 0.669. The number of aromatic nitrogens is 8. The van der Waals surface area contributed by atoms with Gasteiger partial charge in [-0.3, -0.25) is 0 Å². The van der Waals surface area contributed by atoms with Crippen molar-refractivity contribution in [3.63, 3.8) is 0 Å². The first-order valence-corrected chi connectivity index (χ1v) is 45.9. The van der Waals surface area contributed by atoms with E-state index in [2.05, 4.69) is 349 Å². The number of nitrogens with zero attached hydrogens (tertiary/aromatic N) is 8. The van der Waals surface area contributed by atoms with Crippen molar-refractivity contribution >= 4 is 87.5 Å². The molecule has 0 radical (unpaired) electrons. The molecule has 0 aliphatic rings. The lowest BCUT2D eigenvalue weighted by atomic mass is 9.93. The quantitative estimate of drug-likeness (QED) is 0.0886. The van der Waals surface area contributed by atoms with Gasteiger partial charge < -0.3 is 18.0 Å². The van der Waals surface area contributed by atoms with Crippen LogP contribution in [-0.2, 0) is 0 Å². The minimum atomic E-state index is 0.611. The predicted octanol–water partition coefficient (Wildman–Crippen LogP) is 33.1. The molecule has 0 saturated heterocycles. The average molecular weight is 1740 g/mol. The van der Waals surface area contributed by atoms with Gasteiger partial charge in [-0.05, 0) is 222 Å². The normalized spacial score (nSPS) is 11.7. The van der Waals surface area contributed by atoms with Crippen molar-refractivity contribution in [1.29, 1.82) is 0 Å². The van der Waals surface area contributed by atoms with E-state index < -0.39 is 0 Å². The lowest BCUT2D eigenvalue weighted by Gasteiger charge is -2.13. The number of hydrogen-bond donors (Lipinski definition) is 0. The fourth-order valence-electron chi connectivity index (χ4n) is 20.0. The molecule has 10 heteroatoms. The molecule has 0 unspecified atom stereocenters. The van der Waals surface area contributed by atoms with Crippen LogP contribution in [0, 0.1) is 0 Å². The molecule has 0 bridgehead atoms. The van der Waals surface area contributed by atoms with Gasteiger partial charge in [0.25, 0.3) is 0 Å². The molecule has 6 heterocycles. The van der Waals surface area contributed by atoms with E-state index in [9.17, 15) is 0 Å². The molecule has 26 rings (SSSR count). The number of fused-ring (bicyclic) bond motifs is 12. The molecular formula is C126H78N8O2. The molecule has 26 aromatic rings. The molecule has 0 saturated carbocycles. The molecule has 634 valence electrons. The van der Waals surface area contributed by atoms with Crippen molar-refractivity contribution < 1.29 is 8.83 Å². The van der Waals surface area contributed by atoms with Crippen molar-refractivity contribution in [2.45, 2.75) is 0 Å². The van der Waals surface area contributed by atoms with Crippen LogP contribution in [0.1, 0.15) is 0 Å². The number of rotatable bonds is 17. The number of hydrogen-bond acceptors (Lipinski definition) is 8. The minimum absolute atomic E-state index is 0.611. The highest BCUT2D eigenvalue weighted by Gasteiger charge is 2.25. The molecule has 0 aliphatic carbocycles. The van der Waals surface area contributed by atoms with Crippen LogP contribution in [0.4, 0.5) is 0 Å². The summed E-state index contributed by atoms with van der Waals surface area (Å²) in [5.41, 5.74) is 34.9. The van der Waals surface area contributed by atoms with Crippen LogP contribution < -0.4 is 0 Å². The van der Waals surface area contributed by atoms with E-state index in [-0.39, 0.29) is 0 Å². The topological polar surface area (TPSA) is 113 Å². The van der Waals surface area contributed by atoms with E-state index in [0.29, 0.717) is 34.9 Å². The van der Waals surface area contributed by atoms with Gasteiger partial charge in [0, 0.05) is 99.0 Å². The summed E-state index contributed by atoms with van der Waals surface area (Å²) in [6.07, 6.45) is 0. The first kappa shape index (κ1) is 78.6. The van der Waals surface area contributed by atoms with Crippen molar-refractivity contribution in [1.82, 2.24) is 39.0 Å². The van der Waals surface area contributed by atoms with E-state index in [0.717, 1.165) is 211 Å². The molecule has 10 nitrogen and oxygen atoms in total. The van der Waals surface area contributed by atoms with E-state index in [4.69, 9.17) is 38.7 Å². The summed E-state index contributed by atoms with van der Waals surface area (Å²) in [6, 6.07) is 168. The maximum atomic E-state index is 6.91. The van der Waals surface area contributed by atoms with Gasteiger partial charge >= 0.3 is 0 Å². The molecule has 0 N–H and O–H groups in total. The SMILES string of the molecule is c1ccc(-c2nc(-c3ccccc3)nc(-c3cccc(-c4cccc(-c5cccc(-c6cc(-c7cccc(-n8c9ccccc9c9cc(-c%10ccc%11c(c%10)c%10ccccc%10n%11-c%10cccc(-c%11cc(-c%12cccc(-c%13cccc(-c%14cccc(-c%15nc(-c%16ccccc%16)nc(-c%16ccccc%16)n%15)c%14)c%13)c%12)c%12oc%13ccccc%13c%12c%11)c%10)ccc98)c7)cc7c6oc6ccccc67)c5)c4)c3)n2)cc1. The van der Waals surface area contributed by atoms with Crippen molar-refractivity contribution in [2.24, 2.45) is 0 Å². The highest BCUT2D eigenvalue weighted by molar-refractivity contribution is 6.16. The van der Waals surface area contributed by atoms with Crippen LogP contribution in [0.5, 0.6) is 0 Å². The van der Waals surface area contributed by atoms with Gasteiger partial charge in [-0.2, -0.15) is 0 Å². The van der Waals surface area contributed by atoms with Gasteiger partial charge in [-0.1, -0.05) is 340 Å². The Balaban J connectivity index is 0.510. The van der Waals surface area contributed by atoms with Crippen LogP contribution in [-0.4, -0.2) is 39.0 Å². The van der Waals surface area contributed by atoms with Crippen molar-refractivity contribution in [3.05, 3.63) is 473 Å². The van der Waals surface area contributed by atoms with Crippen LogP contribution in [0.15, 0.2) is 482 Å². The van der Waals surface area contributed by atoms with E-state index in [1.165, 1.54) is 21.5 Å². The zero-order chi connectivity index (χ0) is 89.7. The van der Waals surface area contributed by atoms with E-state index in [1.54, 1.807) is 0 Å². The predicted molar refractivity (Wildman–Crippen MR) is 558 cm³/mol. The lowest BCUT2D eigenvalue weighted by Crippen LogP contribution is -2.00. The van der Waals surface area contributed by atoms with Gasteiger partial charge in [0.15, 0.2) is 34.9 Å². The summed E-state index contributed by atoms with van der Waals surface area (Å²) >= 11 is 0. The molecule has 6 aromatic heterocycles. The number of para-hydroxylation sites is 4. The molecule has 0 atom stereocenters. The van der Waals surface area contributed by atoms with Crippen molar-refractivity contribution in [3.8, 4) is 180 Å². The summed E-state index contributed by atoms with van der Waals surface area (Å²) in [6.45, 7) is 0. The third kappa shape index (κ3) is 14.2. The fourth-order valence-corrected chi connectivity index (χ4v) is 20.0. The third-order valence-electron chi connectivity index (χ3n) is 26.6. The molecule has 136 heavy (non-hydrogen) atoms. The Hall–Kier alpha value is -18.4. The Morgan fingerprint density at radius 3 is 0.721 bits per heavy atom.